The molecule has 0 radical (unpaired) electrons. The number of rotatable bonds is 13. The van der Waals surface area contributed by atoms with Crippen LogP contribution in [0.4, 0.5) is 0 Å². The third kappa shape index (κ3) is 8.14. The van der Waals surface area contributed by atoms with E-state index in [2.05, 4.69) is 22.5 Å². The SMILES string of the molecule is COc1ccc(CNC(=O)[C@@H]2[C@@H]3C(O)C4OC4C[C@]3(C(=O)NCCCCCC(N)=O)ON2Cc2ccccc2C#CC(C)(C)C)cc1. The number of epoxide rings is 1. The van der Waals surface area contributed by atoms with Crippen molar-refractivity contribution in [2.45, 2.75) is 95.9 Å². The maximum absolute atomic E-state index is 14.2. The maximum atomic E-state index is 14.2. The third-order valence-corrected chi connectivity index (χ3v) is 8.88. The first-order valence-electron chi connectivity index (χ1n) is 16.3. The van der Waals surface area contributed by atoms with Crippen LogP contribution >= 0.6 is 0 Å². The molecule has 5 N–H and O–H groups in total. The number of carbonyl (C=O) groups is 3. The largest absolute Gasteiger partial charge is 0.497 e. The summed E-state index contributed by atoms with van der Waals surface area (Å²) in [5, 5.41) is 19.1. The van der Waals surface area contributed by atoms with Crippen LogP contribution in [-0.4, -0.2) is 71.5 Å². The number of unbranched alkanes of at least 4 members (excludes halogenated alkanes) is 2. The molecule has 0 aromatic heterocycles. The molecule has 0 spiro atoms. The highest BCUT2D eigenvalue weighted by atomic mass is 16.7. The van der Waals surface area contributed by atoms with Crippen LogP contribution in [0.5, 0.6) is 5.75 Å². The Bertz CT molecular complexity index is 1510. The fourth-order valence-corrected chi connectivity index (χ4v) is 6.42. The van der Waals surface area contributed by atoms with E-state index < -0.39 is 35.7 Å². The number of hydrogen-bond acceptors (Lipinski definition) is 8. The zero-order valence-electron chi connectivity index (χ0n) is 27.6. The molecule has 2 heterocycles. The average Bonchev–Trinajstić information content (AvgIpc) is 3.74. The summed E-state index contributed by atoms with van der Waals surface area (Å²) in [4.78, 5) is 45.9. The van der Waals surface area contributed by atoms with Gasteiger partial charge in [-0.3, -0.25) is 19.2 Å². The molecule has 0 bridgehead atoms. The Morgan fingerprint density at radius 3 is 2.53 bits per heavy atom. The monoisotopic (exact) mass is 646 g/mol. The summed E-state index contributed by atoms with van der Waals surface area (Å²) in [6.07, 6.45) is 0.555. The highest BCUT2D eigenvalue weighted by molar-refractivity contribution is 5.90. The number of ether oxygens (including phenoxy) is 2. The third-order valence-electron chi connectivity index (χ3n) is 8.88. The van der Waals surface area contributed by atoms with Crippen molar-refractivity contribution in [1.82, 2.24) is 15.7 Å². The zero-order chi connectivity index (χ0) is 33.8. The lowest BCUT2D eigenvalue weighted by Crippen LogP contribution is -2.61. The van der Waals surface area contributed by atoms with E-state index in [1.54, 1.807) is 12.2 Å². The summed E-state index contributed by atoms with van der Waals surface area (Å²) in [7, 11) is 1.59. The van der Waals surface area contributed by atoms with Gasteiger partial charge in [0.05, 0.1) is 31.8 Å². The number of amides is 3. The minimum atomic E-state index is -1.53. The quantitative estimate of drug-likeness (QED) is 0.147. The Labute approximate surface area is 276 Å². The second-order valence-electron chi connectivity index (χ2n) is 13.6. The van der Waals surface area contributed by atoms with Crippen molar-refractivity contribution in [3.63, 3.8) is 0 Å². The molecule has 3 unspecified atom stereocenters. The number of aliphatic hydroxyl groups excluding tert-OH is 1. The van der Waals surface area contributed by atoms with Gasteiger partial charge in [0.15, 0.2) is 5.60 Å². The summed E-state index contributed by atoms with van der Waals surface area (Å²) < 4.78 is 11.0. The minimum Gasteiger partial charge on any atom is -0.497 e. The number of hydrogen-bond donors (Lipinski definition) is 4. The van der Waals surface area contributed by atoms with Crippen molar-refractivity contribution < 1.29 is 33.8 Å². The lowest BCUT2D eigenvalue weighted by Gasteiger charge is -2.37. The van der Waals surface area contributed by atoms with E-state index in [0.29, 0.717) is 38.0 Å². The molecule has 2 aliphatic heterocycles. The number of aliphatic hydroxyl groups is 1. The Kier molecular flexibility index (Phi) is 10.6. The van der Waals surface area contributed by atoms with Gasteiger partial charge in [-0.2, -0.15) is 5.06 Å². The van der Waals surface area contributed by atoms with Gasteiger partial charge in [0.25, 0.3) is 5.91 Å². The van der Waals surface area contributed by atoms with Crippen molar-refractivity contribution in [1.29, 1.82) is 0 Å². The normalized spacial score (nSPS) is 26.3. The summed E-state index contributed by atoms with van der Waals surface area (Å²) in [5.41, 5.74) is 5.98. The van der Waals surface area contributed by atoms with Crippen LogP contribution < -0.4 is 21.1 Å². The Balaban J connectivity index is 1.43. The first-order valence-corrected chi connectivity index (χ1v) is 16.3. The van der Waals surface area contributed by atoms with Crippen molar-refractivity contribution in [3.8, 4) is 17.6 Å². The second-order valence-corrected chi connectivity index (χ2v) is 13.6. The summed E-state index contributed by atoms with van der Waals surface area (Å²) in [6.45, 7) is 6.85. The number of benzene rings is 2. The Morgan fingerprint density at radius 2 is 1.83 bits per heavy atom. The van der Waals surface area contributed by atoms with Gasteiger partial charge in [-0.05, 0) is 62.9 Å². The lowest BCUT2D eigenvalue weighted by atomic mass is 9.70. The van der Waals surface area contributed by atoms with Crippen LogP contribution in [0.25, 0.3) is 0 Å². The molecule has 2 aromatic carbocycles. The number of nitrogens with zero attached hydrogens (tertiary/aromatic N) is 1. The fourth-order valence-electron chi connectivity index (χ4n) is 6.42. The molecule has 11 nitrogen and oxygen atoms in total. The molecule has 6 atom stereocenters. The van der Waals surface area contributed by atoms with Crippen molar-refractivity contribution >= 4 is 17.7 Å². The molecular formula is C36H46N4O7. The minimum absolute atomic E-state index is 0.164. The smallest absolute Gasteiger partial charge is 0.254 e. The molecule has 3 amide bonds. The van der Waals surface area contributed by atoms with Crippen molar-refractivity contribution in [3.05, 3.63) is 65.2 Å². The summed E-state index contributed by atoms with van der Waals surface area (Å²) in [6, 6.07) is 14.0. The van der Waals surface area contributed by atoms with E-state index >= 15 is 0 Å². The van der Waals surface area contributed by atoms with E-state index in [9.17, 15) is 19.5 Å². The summed E-state index contributed by atoms with van der Waals surface area (Å²) >= 11 is 0. The number of carbonyl (C=O) groups excluding carboxylic acids is 3. The van der Waals surface area contributed by atoms with E-state index in [-0.39, 0.29) is 42.8 Å². The molecule has 2 saturated heterocycles. The first-order chi connectivity index (χ1) is 22.4. The van der Waals surface area contributed by atoms with Gasteiger partial charge in [0.1, 0.15) is 17.9 Å². The van der Waals surface area contributed by atoms with Crippen molar-refractivity contribution in [2.24, 2.45) is 17.1 Å². The van der Waals surface area contributed by atoms with Crippen LogP contribution in [0.15, 0.2) is 48.5 Å². The number of hydroxylamine groups is 2. The molecule has 47 heavy (non-hydrogen) atoms. The number of primary amides is 1. The van der Waals surface area contributed by atoms with Gasteiger partial charge in [0.2, 0.25) is 11.8 Å². The number of nitrogens with one attached hydrogen (secondary N) is 2. The predicted octanol–water partition coefficient (Wildman–Crippen LogP) is 2.57. The highest BCUT2D eigenvalue weighted by Gasteiger charge is 2.72. The molecule has 3 fully saturated rings. The number of methoxy groups -OCH3 is 1. The Hall–Kier alpha value is -3.95. The first kappa shape index (κ1) is 34.4. The fraction of sp³-hybridized carbons (Fsp3) is 0.528. The van der Waals surface area contributed by atoms with E-state index in [1.807, 2.05) is 69.3 Å². The maximum Gasteiger partial charge on any atom is 0.254 e. The van der Waals surface area contributed by atoms with Crippen LogP contribution in [0, 0.1) is 23.2 Å². The topological polar surface area (TPSA) is 156 Å². The van der Waals surface area contributed by atoms with Crippen LogP contribution in [0.2, 0.25) is 0 Å². The van der Waals surface area contributed by atoms with Gasteiger partial charge in [0, 0.05) is 36.9 Å². The zero-order valence-corrected chi connectivity index (χ0v) is 27.6. The predicted molar refractivity (Wildman–Crippen MR) is 174 cm³/mol. The van der Waals surface area contributed by atoms with Crippen LogP contribution in [0.1, 0.15) is 69.6 Å². The summed E-state index contributed by atoms with van der Waals surface area (Å²) in [5.74, 6) is 5.23. The van der Waals surface area contributed by atoms with Gasteiger partial charge in [-0.15, -0.1) is 0 Å². The molecule has 11 heteroatoms. The molecule has 1 saturated carbocycles. The standard InChI is InChI=1S/C36H46N4O7/c1-35(2,3)18-17-24-10-7-8-11-25(24)22-40-30(33(43)39-21-23-13-15-26(45-4)16-14-23)29-31(42)32-27(46-32)20-36(29,47-40)34(44)38-19-9-5-6-12-28(37)41/h7-8,10-11,13-16,27,29-32,42H,5-6,9,12,19-22H2,1-4H3,(H2,37,41)(H,38,44)(H,39,43)/t27?,29-,30+,31?,32?,36+/m1/s1. The molecule has 1 aliphatic carbocycles. The van der Waals surface area contributed by atoms with Gasteiger partial charge in [-0.1, -0.05) is 48.6 Å². The number of nitrogens with two attached hydrogens (primary N) is 1. The number of fused-ring (bicyclic) bond motifs is 2. The Morgan fingerprint density at radius 1 is 1.09 bits per heavy atom. The van der Waals surface area contributed by atoms with E-state index in [0.717, 1.165) is 16.7 Å². The highest BCUT2D eigenvalue weighted by Crippen LogP contribution is 2.53. The molecule has 3 aliphatic rings. The molecule has 252 valence electrons. The molecule has 5 rings (SSSR count). The van der Waals surface area contributed by atoms with Crippen molar-refractivity contribution in [2.75, 3.05) is 13.7 Å². The lowest BCUT2D eigenvalue weighted by molar-refractivity contribution is -0.219. The van der Waals surface area contributed by atoms with Crippen LogP contribution in [0.3, 0.4) is 0 Å². The van der Waals surface area contributed by atoms with Crippen LogP contribution in [-0.2, 0) is 37.0 Å². The van der Waals surface area contributed by atoms with Gasteiger partial charge >= 0.3 is 0 Å². The van der Waals surface area contributed by atoms with E-state index in [1.165, 1.54) is 0 Å². The second kappa shape index (κ2) is 14.4. The molecular weight excluding hydrogens is 600 g/mol. The van der Waals surface area contributed by atoms with E-state index in [4.69, 9.17) is 20.0 Å². The van der Waals surface area contributed by atoms with Gasteiger partial charge in [-0.25, -0.2) is 0 Å². The average molecular weight is 647 g/mol. The van der Waals surface area contributed by atoms with Gasteiger partial charge < -0.3 is 30.9 Å². The molecule has 2 aromatic rings.